The van der Waals surface area contributed by atoms with Gasteiger partial charge in [0.25, 0.3) is 5.89 Å². The van der Waals surface area contributed by atoms with E-state index in [1.165, 1.54) is 4.90 Å². The van der Waals surface area contributed by atoms with E-state index in [9.17, 15) is 4.79 Å². The van der Waals surface area contributed by atoms with E-state index >= 15 is 0 Å². The lowest BCUT2D eigenvalue weighted by molar-refractivity contribution is 0.244. The highest BCUT2D eigenvalue weighted by molar-refractivity contribution is 7.98. The van der Waals surface area contributed by atoms with Crippen molar-refractivity contribution in [3.8, 4) is 11.4 Å². The summed E-state index contributed by atoms with van der Waals surface area (Å²) in [5.41, 5.74) is 7.47. The number of thioether (sulfide) groups is 1. The van der Waals surface area contributed by atoms with Crippen molar-refractivity contribution in [1.82, 2.24) is 15.5 Å². The number of carbonyl (C=O) groups excluding carboxylic acids is 1. The summed E-state index contributed by atoms with van der Waals surface area (Å²) in [5.74, 6) is 0.895. The second-order valence-electron chi connectivity index (χ2n) is 9.13. The number of anilines is 1. The summed E-state index contributed by atoms with van der Waals surface area (Å²) in [7, 11) is 0. The number of aromatic nitrogens is 2. The summed E-state index contributed by atoms with van der Waals surface area (Å²) in [5, 5.41) is 7.46. The Kier molecular flexibility index (Phi) is 6.41. The summed E-state index contributed by atoms with van der Waals surface area (Å²) < 4.78 is 5.83. The van der Waals surface area contributed by atoms with E-state index < -0.39 is 6.04 Å². The van der Waals surface area contributed by atoms with Gasteiger partial charge >= 0.3 is 6.03 Å². The first-order chi connectivity index (χ1) is 17.3. The SMILES string of the molecule is CSc1ccc(-c2noc(C3=C(C)N(c4cc(C)cc(C)c4)C(=O)NC3c3ccc(C)cc3)n2)cc1. The van der Waals surface area contributed by atoms with Gasteiger partial charge in [-0.3, -0.25) is 4.90 Å². The minimum atomic E-state index is -0.424. The minimum Gasteiger partial charge on any atom is -0.334 e. The first-order valence-electron chi connectivity index (χ1n) is 11.8. The largest absolute Gasteiger partial charge is 0.334 e. The van der Waals surface area contributed by atoms with E-state index in [2.05, 4.69) is 16.5 Å². The highest BCUT2D eigenvalue weighted by atomic mass is 32.2. The Bertz CT molecular complexity index is 1440. The molecule has 0 spiro atoms. The molecule has 0 radical (unpaired) electrons. The molecular weight excluding hydrogens is 468 g/mol. The molecule has 36 heavy (non-hydrogen) atoms. The Hall–Kier alpha value is -3.84. The summed E-state index contributed by atoms with van der Waals surface area (Å²) in [6.07, 6.45) is 2.04. The molecule has 1 atom stereocenters. The number of urea groups is 1. The molecule has 0 saturated carbocycles. The second-order valence-corrected chi connectivity index (χ2v) is 10.0. The van der Waals surface area contributed by atoms with Crippen LogP contribution in [-0.2, 0) is 0 Å². The Morgan fingerprint density at radius 2 is 1.56 bits per heavy atom. The van der Waals surface area contributed by atoms with Crippen LogP contribution >= 0.6 is 11.8 Å². The third kappa shape index (κ3) is 4.54. The molecule has 1 aliphatic rings. The van der Waals surface area contributed by atoms with E-state index in [0.717, 1.165) is 44.8 Å². The van der Waals surface area contributed by atoms with E-state index in [1.54, 1.807) is 16.7 Å². The molecule has 1 aromatic heterocycles. The van der Waals surface area contributed by atoms with Gasteiger partial charge in [-0.1, -0.05) is 41.1 Å². The molecule has 0 saturated heterocycles. The van der Waals surface area contributed by atoms with Crippen LogP contribution in [0.15, 0.2) is 81.8 Å². The van der Waals surface area contributed by atoms with Crippen molar-refractivity contribution in [1.29, 1.82) is 0 Å². The van der Waals surface area contributed by atoms with E-state index in [0.29, 0.717) is 11.7 Å². The van der Waals surface area contributed by atoms with Crippen LogP contribution in [0.4, 0.5) is 10.5 Å². The van der Waals surface area contributed by atoms with Crippen molar-refractivity contribution >= 4 is 29.1 Å². The predicted octanol–water partition coefficient (Wildman–Crippen LogP) is 7.09. The Balaban J connectivity index is 1.64. The average molecular weight is 497 g/mol. The lowest BCUT2D eigenvalue weighted by Gasteiger charge is -2.35. The number of amides is 2. The lowest BCUT2D eigenvalue weighted by atomic mass is 9.93. The maximum absolute atomic E-state index is 13.5. The molecule has 0 bridgehead atoms. The van der Waals surface area contributed by atoms with Gasteiger partial charge in [0.05, 0.1) is 17.3 Å². The van der Waals surface area contributed by atoms with Crippen molar-refractivity contribution in [2.45, 2.75) is 38.6 Å². The Morgan fingerprint density at radius 3 is 2.19 bits per heavy atom. The third-order valence-electron chi connectivity index (χ3n) is 6.36. The van der Waals surface area contributed by atoms with Crippen LogP contribution < -0.4 is 10.2 Å². The summed E-state index contributed by atoms with van der Waals surface area (Å²) >= 11 is 1.68. The maximum Gasteiger partial charge on any atom is 0.326 e. The molecule has 3 aromatic carbocycles. The van der Waals surface area contributed by atoms with Gasteiger partial charge in [-0.25, -0.2) is 4.79 Å². The maximum atomic E-state index is 13.5. The van der Waals surface area contributed by atoms with Gasteiger partial charge in [0.15, 0.2) is 0 Å². The number of rotatable bonds is 5. The Morgan fingerprint density at radius 1 is 0.889 bits per heavy atom. The highest BCUT2D eigenvalue weighted by Gasteiger charge is 2.36. The van der Waals surface area contributed by atoms with E-state index in [4.69, 9.17) is 9.51 Å². The zero-order valence-corrected chi connectivity index (χ0v) is 21.8. The van der Waals surface area contributed by atoms with Gasteiger partial charge in [-0.2, -0.15) is 4.98 Å². The van der Waals surface area contributed by atoms with E-state index in [-0.39, 0.29) is 6.03 Å². The topological polar surface area (TPSA) is 71.3 Å². The average Bonchev–Trinajstić information content (AvgIpc) is 3.33. The number of carbonyl (C=O) groups is 1. The fourth-order valence-electron chi connectivity index (χ4n) is 4.61. The fourth-order valence-corrected chi connectivity index (χ4v) is 5.02. The van der Waals surface area contributed by atoms with Crippen LogP contribution in [0.5, 0.6) is 0 Å². The number of aryl methyl sites for hydroxylation is 3. The molecule has 1 aliphatic heterocycles. The number of hydrogen-bond acceptors (Lipinski definition) is 5. The monoisotopic (exact) mass is 496 g/mol. The number of benzene rings is 3. The summed E-state index contributed by atoms with van der Waals surface area (Å²) in [6.45, 7) is 8.03. The molecule has 7 heteroatoms. The van der Waals surface area contributed by atoms with Crippen molar-refractivity contribution in [2.24, 2.45) is 0 Å². The summed E-state index contributed by atoms with van der Waals surface area (Å²) in [6, 6.07) is 21.7. The van der Waals surface area contributed by atoms with Crippen LogP contribution in [0.2, 0.25) is 0 Å². The molecule has 5 rings (SSSR count). The molecule has 182 valence electrons. The van der Waals surface area contributed by atoms with Gasteiger partial charge in [-0.05, 0) is 87.0 Å². The molecular formula is C29H28N4O2S. The van der Waals surface area contributed by atoms with Crippen LogP contribution in [0.1, 0.15) is 41.1 Å². The zero-order chi connectivity index (χ0) is 25.4. The van der Waals surface area contributed by atoms with Crippen LogP contribution in [0.25, 0.3) is 17.0 Å². The predicted molar refractivity (Wildman–Crippen MR) is 145 cm³/mol. The molecule has 1 N–H and O–H groups in total. The van der Waals surface area contributed by atoms with Crippen molar-refractivity contribution in [3.63, 3.8) is 0 Å². The number of hydrogen-bond donors (Lipinski definition) is 1. The van der Waals surface area contributed by atoms with Gasteiger partial charge in [-0.15, -0.1) is 11.8 Å². The molecule has 1 unspecified atom stereocenters. The molecule has 0 fully saturated rings. The van der Waals surface area contributed by atoms with Gasteiger partial charge in [0.2, 0.25) is 5.82 Å². The van der Waals surface area contributed by atoms with E-state index in [1.807, 2.05) is 94.6 Å². The normalized spacial score (nSPS) is 15.9. The first kappa shape index (κ1) is 23.9. The molecule has 4 aromatic rings. The van der Waals surface area contributed by atoms with Gasteiger partial charge < -0.3 is 9.84 Å². The third-order valence-corrected chi connectivity index (χ3v) is 7.11. The van der Waals surface area contributed by atoms with Crippen molar-refractivity contribution < 1.29 is 9.32 Å². The van der Waals surface area contributed by atoms with Crippen molar-refractivity contribution in [3.05, 3.63) is 101 Å². The molecule has 6 nitrogen and oxygen atoms in total. The highest BCUT2D eigenvalue weighted by Crippen LogP contribution is 2.39. The van der Waals surface area contributed by atoms with Gasteiger partial charge in [0, 0.05) is 16.2 Å². The second kappa shape index (κ2) is 9.66. The van der Waals surface area contributed by atoms with Crippen LogP contribution in [0, 0.1) is 20.8 Å². The van der Waals surface area contributed by atoms with Crippen molar-refractivity contribution in [2.75, 3.05) is 11.2 Å². The molecule has 2 heterocycles. The molecule has 2 amide bonds. The van der Waals surface area contributed by atoms with Crippen LogP contribution in [0.3, 0.4) is 0 Å². The lowest BCUT2D eigenvalue weighted by Crippen LogP contribution is -2.46. The first-order valence-corrected chi connectivity index (χ1v) is 13.0. The standard InChI is InChI=1S/C29H28N4O2S/c1-17-6-8-21(9-7-17)26-25(28-31-27(32-35-28)22-10-12-24(36-5)13-11-22)20(4)33(29(34)30-26)23-15-18(2)14-19(3)16-23/h6-16,26H,1-5H3,(H,30,34). The minimum absolute atomic E-state index is 0.195. The Labute approximate surface area is 215 Å². The summed E-state index contributed by atoms with van der Waals surface area (Å²) in [4.78, 5) is 21.1. The quantitative estimate of drug-likeness (QED) is 0.299. The van der Waals surface area contributed by atoms with Gasteiger partial charge in [0.1, 0.15) is 0 Å². The number of nitrogens with zero attached hydrogens (tertiary/aromatic N) is 3. The number of allylic oxidation sites excluding steroid dienone is 1. The zero-order valence-electron chi connectivity index (χ0n) is 21.0. The van der Waals surface area contributed by atoms with Crippen LogP contribution in [-0.4, -0.2) is 22.4 Å². The fraction of sp³-hybridized carbons (Fsp3) is 0.207. The number of nitrogens with one attached hydrogen (secondary N) is 1. The smallest absolute Gasteiger partial charge is 0.326 e. The molecule has 0 aliphatic carbocycles.